The molecule has 2 atom stereocenters. The van der Waals surface area contributed by atoms with E-state index < -0.39 is 6.36 Å². The van der Waals surface area contributed by atoms with Gasteiger partial charge in [0.2, 0.25) is 0 Å². The number of hydrogen-bond acceptors (Lipinski definition) is 3. The van der Waals surface area contributed by atoms with E-state index in [4.69, 9.17) is 0 Å². The highest BCUT2D eigenvalue weighted by Crippen LogP contribution is 2.24. The topological polar surface area (TPSA) is 24.5 Å². The molecule has 0 aromatic carbocycles. The van der Waals surface area contributed by atoms with Crippen LogP contribution in [0.25, 0.3) is 0 Å². The van der Waals surface area contributed by atoms with Crippen molar-refractivity contribution in [1.29, 1.82) is 0 Å². The maximum atomic E-state index is 12.0. The van der Waals surface area contributed by atoms with Crippen LogP contribution in [0.1, 0.15) is 34.1 Å². The highest BCUT2D eigenvalue weighted by Gasteiger charge is 2.34. The minimum Gasteiger partial charge on any atom is -0.311 e. The van der Waals surface area contributed by atoms with Crippen molar-refractivity contribution in [2.75, 3.05) is 26.2 Å². The molecule has 0 radical (unpaired) electrons. The van der Waals surface area contributed by atoms with Gasteiger partial charge in [0.25, 0.3) is 0 Å². The van der Waals surface area contributed by atoms with Crippen LogP contribution < -0.4 is 5.32 Å². The molecule has 0 aromatic rings. The summed E-state index contributed by atoms with van der Waals surface area (Å²) in [6.07, 6.45) is -3.60. The molecular formula is C13H25F3N2O. The molecular weight excluding hydrogens is 257 g/mol. The van der Waals surface area contributed by atoms with Crippen LogP contribution in [0.4, 0.5) is 13.2 Å². The van der Waals surface area contributed by atoms with Gasteiger partial charge in [0.1, 0.15) is 0 Å². The molecule has 1 saturated heterocycles. The van der Waals surface area contributed by atoms with Crippen molar-refractivity contribution in [2.24, 2.45) is 5.41 Å². The zero-order chi connectivity index (χ0) is 14.7. The third-order valence-electron chi connectivity index (χ3n) is 3.69. The summed E-state index contributed by atoms with van der Waals surface area (Å²) in [5.41, 5.74) is 0.0991. The van der Waals surface area contributed by atoms with E-state index in [1.165, 1.54) is 0 Å². The second kappa shape index (κ2) is 6.41. The van der Waals surface area contributed by atoms with E-state index >= 15 is 0 Å². The Morgan fingerprint density at radius 1 is 1.26 bits per heavy atom. The van der Waals surface area contributed by atoms with Gasteiger partial charge in [-0.3, -0.25) is 9.64 Å². The van der Waals surface area contributed by atoms with Gasteiger partial charge in [0.05, 0.1) is 6.61 Å². The Morgan fingerprint density at radius 2 is 1.89 bits per heavy atom. The fraction of sp³-hybridized carbons (Fsp3) is 1.00. The molecule has 1 aliphatic rings. The lowest BCUT2D eigenvalue weighted by atomic mass is 9.84. The van der Waals surface area contributed by atoms with Gasteiger partial charge in [-0.25, -0.2) is 0 Å². The molecule has 1 heterocycles. The molecule has 0 bridgehead atoms. The molecule has 6 heteroatoms. The lowest BCUT2D eigenvalue weighted by molar-refractivity contribution is -0.325. The van der Waals surface area contributed by atoms with Crippen LogP contribution in [0, 0.1) is 5.41 Å². The van der Waals surface area contributed by atoms with Gasteiger partial charge in [0.15, 0.2) is 0 Å². The largest absolute Gasteiger partial charge is 0.522 e. The van der Waals surface area contributed by atoms with Crippen molar-refractivity contribution >= 4 is 0 Å². The zero-order valence-corrected chi connectivity index (χ0v) is 12.2. The number of nitrogens with zero attached hydrogens (tertiary/aromatic N) is 1. The maximum absolute atomic E-state index is 12.0. The van der Waals surface area contributed by atoms with E-state index in [1.807, 2.05) is 0 Å². The van der Waals surface area contributed by atoms with Crippen LogP contribution in [-0.2, 0) is 4.74 Å². The second-order valence-electron chi connectivity index (χ2n) is 6.18. The third kappa shape index (κ3) is 5.67. The van der Waals surface area contributed by atoms with Crippen molar-refractivity contribution < 1.29 is 17.9 Å². The number of alkyl halides is 3. The summed E-state index contributed by atoms with van der Waals surface area (Å²) in [6.45, 7) is 10.1. The first kappa shape index (κ1) is 16.7. The van der Waals surface area contributed by atoms with Crippen LogP contribution in [0.3, 0.4) is 0 Å². The summed E-state index contributed by atoms with van der Waals surface area (Å²) < 4.78 is 39.9. The van der Waals surface area contributed by atoms with Crippen LogP contribution in [-0.4, -0.2) is 49.6 Å². The van der Waals surface area contributed by atoms with Crippen LogP contribution in [0.2, 0.25) is 0 Å². The van der Waals surface area contributed by atoms with Crippen molar-refractivity contribution in [1.82, 2.24) is 10.2 Å². The molecule has 114 valence electrons. The molecule has 1 aliphatic heterocycles. The normalized spacial score (nSPS) is 26.7. The Kier molecular flexibility index (Phi) is 5.65. The SMILES string of the molecule is CCC1CNC(C(C)(C)C)CN1CCOC(F)(F)F. The molecule has 3 nitrogen and oxygen atoms in total. The first-order chi connectivity index (χ1) is 8.63. The third-order valence-corrected chi connectivity index (χ3v) is 3.69. The van der Waals surface area contributed by atoms with Crippen LogP contribution in [0.15, 0.2) is 0 Å². The zero-order valence-electron chi connectivity index (χ0n) is 12.2. The Bertz CT molecular complexity index is 276. The van der Waals surface area contributed by atoms with E-state index in [0.717, 1.165) is 19.5 Å². The smallest absolute Gasteiger partial charge is 0.311 e. The van der Waals surface area contributed by atoms with E-state index in [-0.39, 0.29) is 18.1 Å². The molecule has 0 saturated carbocycles. The average Bonchev–Trinajstić information content (AvgIpc) is 2.26. The summed E-state index contributed by atoms with van der Waals surface area (Å²) in [6, 6.07) is 0.580. The number of rotatable bonds is 4. The Balaban J connectivity index is 2.51. The number of ether oxygens (including phenoxy) is 1. The number of halogens is 3. The van der Waals surface area contributed by atoms with Gasteiger partial charge < -0.3 is 5.32 Å². The fourth-order valence-corrected chi connectivity index (χ4v) is 2.39. The van der Waals surface area contributed by atoms with Gasteiger partial charge in [-0.15, -0.1) is 13.2 Å². The fourth-order valence-electron chi connectivity index (χ4n) is 2.39. The van der Waals surface area contributed by atoms with Crippen LogP contribution >= 0.6 is 0 Å². The van der Waals surface area contributed by atoms with E-state index in [2.05, 4.69) is 42.6 Å². The molecule has 0 amide bonds. The summed E-state index contributed by atoms with van der Waals surface area (Å²) in [7, 11) is 0. The maximum Gasteiger partial charge on any atom is 0.522 e. The van der Waals surface area contributed by atoms with Crippen molar-refractivity contribution in [3.8, 4) is 0 Å². The summed E-state index contributed by atoms with van der Waals surface area (Å²) in [5, 5.41) is 3.49. The summed E-state index contributed by atoms with van der Waals surface area (Å²) >= 11 is 0. The molecule has 19 heavy (non-hydrogen) atoms. The molecule has 2 unspecified atom stereocenters. The van der Waals surface area contributed by atoms with Gasteiger partial charge in [-0.2, -0.15) is 0 Å². The first-order valence-electron chi connectivity index (χ1n) is 6.81. The lowest BCUT2D eigenvalue weighted by Crippen LogP contribution is -2.60. The van der Waals surface area contributed by atoms with Crippen molar-refractivity contribution in [3.63, 3.8) is 0 Å². The molecule has 1 rings (SSSR count). The minimum absolute atomic E-state index is 0.0991. The highest BCUT2D eigenvalue weighted by atomic mass is 19.4. The van der Waals surface area contributed by atoms with Crippen molar-refractivity contribution in [3.05, 3.63) is 0 Å². The quantitative estimate of drug-likeness (QED) is 0.858. The van der Waals surface area contributed by atoms with Gasteiger partial charge in [-0.1, -0.05) is 27.7 Å². The number of piperazine rings is 1. The second-order valence-corrected chi connectivity index (χ2v) is 6.18. The van der Waals surface area contributed by atoms with Crippen LogP contribution in [0.5, 0.6) is 0 Å². The Hall–Kier alpha value is -0.330. The Labute approximate surface area is 113 Å². The van der Waals surface area contributed by atoms with E-state index in [1.54, 1.807) is 0 Å². The first-order valence-corrected chi connectivity index (χ1v) is 6.81. The monoisotopic (exact) mass is 282 g/mol. The van der Waals surface area contributed by atoms with Gasteiger partial charge in [0, 0.05) is 31.7 Å². The van der Waals surface area contributed by atoms with Gasteiger partial charge >= 0.3 is 6.36 Å². The minimum atomic E-state index is -4.53. The highest BCUT2D eigenvalue weighted by molar-refractivity contribution is 4.91. The Morgan fingerprint density at radius 3 is 2.37 bits per heavy atom. The molecule has 0 aliphatic carbocycles. The van der Waals surface area contributed by atoms with Crippen molar-refractivity contribution in [2.45, 2.75) is 52.6 Å². The number of hydrogen-bond donors (Lipinski definition) is 1. The molecule has 0 aromatic heterocycles. The molecule has 0 spiro atoms. The summed E-state index contributed by atoms with van der Waals surface area (Å²) in [4.78, 5) is 2.11. The predicted molar refractivity (Wildman–Crippen MR) is 68.9 cm³/mol. The number of nitrogens with one attached hydrogen (secondary N) is 1. The lowest BCUT2D eigenvalue weighted by Gasteiger charge is -2.44. The van der Waals surface area contributed by atoms with E-state index in [9.17, 15) is 13.2 Å². The molecule has 1 N–H and O–H groups in total. The standard InChI is InChI=1S/C13H25F3N2O/c1-5-10-8-17-11(12(2,3)4)9-18(10)6-7-19-13(14,15)16/h10-11,17H,5-9H2,1-4H3. The predicted octanol–water partition coefficient (Wildman–Crippen LogP) is 2.62. The van der Waals surface area contributed by atoms with Gasteiger partial charge in [-0.05, 0) is 11.8 Å². The van der Waals surface area contributed by atoms with E-state index in [0.29, 0.717) is 12.6 Å². The molecule has 1 fully saturated rings. The average molecular weight is 282 g/mol. The summed E-state index contributed by atoms with van der Waals surface area (Å²) in [5.74, 6) is 0.